The molecule has 0 radical (unpaired) electrons. The van der Waals surface area contributed by atoms with Gasteiger partial charge >= 0.3 is 0 Å². The predicted octanol–water partition coefficient (Wildman–Crippen LogP) is 2.93. The summed E-state index contributed by atoms with van der Waals surface area (Å²) in [5.41, 5.74) is 1.94. The summed E-state index contributed by atoms with van der Waals surface area (Å²) in [6.45, 7) is 3.28. The van der Waals surface area contributed by atoms with Crippen LogP contribution in [0.25, 0.3) is 11.1 Å². The summed E-state index contributed by atoms with van der Waals surface area (Å²) in [6, 6.07) is 11.6. The maximum atomic E-state index is 10.3. The van der Waals surface area contributed by atoms with Crippen LogP contribution in [-0.2, 0) is 0 Å². The molecule has 6 heteroatoms. The minimum absolute atomic E-state index is 0.250. The average Bonchev–Trinajstić information content (AvgIpc) is 3.37. The molecule has 2 aromatic rings. The molecule has 2 aromatic carbocycles. The molecule has 27 heavy (non-hydrogen) atoms. The third-order valence-electron chi connectivity index (χ3n) is 4.93. The number of fused-ring (bicyclic) bond motifs is 1. The van der Waals surface area contributed by atoms with Crippen LogP contribution in [0.15, 0.2) is 36.4 Å². The third kappa shape index (κ3) is 4.28. The first-order valence-electron chi connectivity index (χ1n) is 9.33. The zero-order valence-corrected chi connectivity index (χ0v) is 15.5. The highest BCUT2D eigenvalue weighted by atomic mass is 16.7. The quantitative estimate of drug-likeness (QED) is 0.808. The van der Waals surface area contributed by atoms with E-state index in [4.69, 9.17) is 18.9 Å². The normalized spacial score (nSPS) is 17.1. The van der Waals surface area contributed by atoms with Crippen LogP contribution in [0, 0.1) is 0 Å². The van der Waals surface area contributed by atoms with Gasteiger partial charge in [0.15, 0.2) is 11.5 Å². The lowest BCUT2D eigenvalue weighted by Crippen LogP contribution is -2.33. The number of likely N-dealkylation sites (tertiary alicyclic amines) is 1. The van der Waals surface area contributed by atoms with Crippen molar-refractivity contribution in [3.05, 3.63) is 36.4 Å². The Labute approximate surface area is 159 Å². The van der Waals surface area contributed by atoms with Crippen LogP contribution in [0.1, 0.15) is 12.8 Å². The first kappa shape index (κ1) is 17.9. The zero-order chi connectivity index (χ0) is 18.6. The second kappa shape index (κ2) is 8.06. The van der Waals surface area contributed by atoms with Crippen molar-refractivity contribution < 1.29 is 24.1 Å². The molecule has 2 aliphatic heterocycles. The molecule has 1 atom stereocenters. The number of β-amino-alcohol motifs (C(OH)–C–C–N with tert-alkyl or cyclic N) is 1. The summed E-state index contributed by atoms with van der Waals surface area (Å²) in [6.07, 6.45) is 1.91. The van der Waals surface area contributed by atoms with Crippen molar-refractivity contribution >= 4 is 0 Å². The molecule has 0 aromatic heterocycles. The number of ether oxygens (including phenoxy) is 4. The van der Waals surface area contributed by atoms with E-state index in [1.165, 1.54) is 12.8 Å². The lowest BCUT2D eigenvalue weighted by molar-refractivity contribution is 0.0757. The Hall–Kier alpha value is -2.44. The summed E-state index contributed by atoms with van der Waals surface area (Å²) >= 11 is 0. The Morgan fingerprint density at radius 3 is 2.59 bits per heavy atom. The maximum Gasteiger partial charge on any atom is 0.231 e. The van der Waals surface area contributed by atoms with Gasteiger partial charge in [-0.05, 0) is 61.3 Å². The minimum atomic E-state index is -0.511. The molecular formula is C21H25NO5. The molecule has 1 saturated heterocycles. The van der Waals surface area contributed by atoms with E-state index in [2.05, 4.69) is 4.90 Å². The monoisotopic (exact) mass is 371 g/mol. The van der Waals surface area contributed by atoms with E-state index in [0.717, 1.165) is 35.7 Å². The molecule has 1 fully saturated rings. The SMILES string of the molecule is COc1cc(OCC(O)CN2CCCC2)cc(-c2ccc3c(c2)OCO3)c1. The fourth-order valence-corrected chi connectivity index (χ4v) is 3.52. The molecule has 1 unspecified atom stereocenters. The van der Waals surface area contributed by atoms with Crippen molar-refractivity contribution in [2.24, 2.45) is 0 Å². The first-order valence-corrected chi connectivity index (χ1v) is 9.33. The molecular weight excluding hydrogens is 346 g/mol. The van der Waals surface area contributed by atoms with E-state index in [-0.39, 0.29) is 13.4 Å². The van der Waals surface area contributed by atoms with E-state index >= 15 is 0 Å². The fourth-order valence-electron chi connectivity index (χ4n) is 3.52. The molecule has 0 amide bonds. The van der Waals surface area contributed by atoms with Crippen LogP contribution >= 0.6 is 0 Å². The van der Waals surface area contributed by atoms with Gasteiger partial charge in [-0.15, -0.1) is 0 Å². The van der Waals surface area contributed by atoms with Gasteiger partial charge in [-0.25, -0.2) is 0 Å². The molecule has 4 rings (SSSR count). The van der Waals surface area contributed by atoms with Crippen LogP contribution in [-0.4, -0.2) is 56.3 Å². The van der Waals surface area contributed by atoms with Gasteiger partial charge in [0.05, 0.1) is 7.11 Å². The Morgan fingerprint density at radius 1 is 1.00 bits per heavy atom. The lowest BCUT2D eigenvalue weighted by atomic mass is 10.0. The molecule has 144 valence electrons. The number of methoxy groups -OCH3 is 1. The summed E-state index contributed by atoms with van der Waals surface area (Å²) < 4.78 is 22.1. The molecule has 2 aliphatic rings. The topological polar surface area (TPSA) is 60.4 Å². The van der Waals surface area contributed by atoms with Crippen molar-refractivity contribution in [1.29, 1.82) is 0 Å². The highest BCUT2D eigenvalue weighted by Gasteiger charge is 2.17. The Morgan fingerprint density at radius 2 is 1.78 bits per heavy atom. The van der Waals surface area contributed by atoms with E-state index in [9.17, 15) is 5.11 Å². The zero-order valence-electron chi connectivity index (χ0n) is 15.5. The van der Waals surface area contributed by atoms with Gasteiger partial charge in [0.1, 0.15) is 24.2 Å². The molecule has 0 saturated carbocycles. The van der Waals surface area contributed by atoms with E-state index < -0.39 is 6.10 Å². The van der Waals surface area contributed by atoms with Gasteiger partial charge in [-0.3, -0.25) is 0 Å². The number of hydrogen-bond acceptors (Lipinski definition) is 6. The average molecular weight is 371 g/mol. The molecule has 2 heterocycles. The summed E-state index contributed by atoms with van der Waals surface area (Å²) in [5, 5.41) is 10.3. The molecule has 1 N–H and O–H groups in total. The smallest absolute Gasteiger partial charge is 0.231 e. The second-order valence-corrected chi connectivity index (χ2v) is 6.94. The third-order valence-corrected chi connectivity index (χ3v) is 4.93. The minimum Gasteiger partial charge on any atom is -0.497 e. The van der Waals surface area contributed by atoms with Crippen molar-refractivity contribution in [3.8, 4) is 34.1 Å². The summed E-state index contributed by atoms with van der Waals surface area (Å²) in [4.78, 5) is 2.28. The number of hydrogen-bond donors (Lipinski definition) is 1. The number of nitrogens with zero attached hydrogens (tertiary/aromatic N) is 1. The Bertz CT molecular complexity index is 788. The van der Waals surface area contributed by atoms with Crippen molar-refractivity contribution in [2.45, 2.75) is 18.9 Å². The number of benzene rings is 2. The van der Waals surface area contributed by atoms with Gasteiger partial charge < -0.3 is 29.0 Å². The second-order valence-electron chi connectivity index (χ2n) is 6.94. The molecule has 6 nitrogen and oxygen atoms in total. The van der Waals surface area contributed by atoms with Crippen molar-refractivity contribution in [1.82, 2.24) is 4.90 Å². The van der Waals surface area contributed by atoms with E-state index in [1.54, 1.807) is 7.11 Å². The summed E-state index contributed by atoms with van der Waals surface area (Å²) in [5.74, 6) is 2.86. The van der Waals surface area contributed by atoms with E-state index in [1.807, 2.05) is 36.4 Å². The number of rotatable bonds is 7. The Balaban J connectivity index is 1.47. The predicted molar refractivity (Wildman–Crippen MR) is 102 cm³/mol. The van der Waals surface area contributed by atoms with Gasteiger partial charge in [0.25, 0.3) is 0 Å². The molecule has 0 aliphatic carbocycles. The first-order chi connectivity index (χ1) is 13.2. The largest absolute Gasteiger partial charge is 0.497 e. The van der Waals surface area contributed by atoms with Crippen molar-refractivity contribution in [2.75, 3.05) is 40.1 Å². The molecule has 0 spiro atoms. The van der Waals surface area contributed by atoms with Gasteiger partial charge in [0, 0.05) is 12.6 Å². The summed E-state index contributed by atoms with van der Waals surface area (Å²) in [7, 11) is 1.63. The van der Waals surface area contributed by atoms with Crippen LogP contribution < -0.4 is 18.9 Å². The Kier molecular flexibility index (Phi) is 5.36. The van der Waals surface area contributed by atoms with E-state index in [0.29, 0.717) is 18.0 Å². The lowest BCUT2D eigenvalue weighted by Gasteiger charge is -2.20. The molecule has 0 bridgehead atoms. The van der Waals surface area contributed by atoms with Crippen LogP contribution in [0.5, 0.6) is 23.0 Å². The van der Waals surface area contributed by atoms with Crippen LogP contribution in [0.2, 0.25) is 0 Å². The highest BCUT2D eigenvalue weighted by Crippen LogP contribution is 2.37. The van der Waals surface area contributed by atoms with Crippen LogP contribution in [0.3, 0.4) is 0 Å². The number of aliphatic hydroxyl groups is 1. The van der Waals surface area contributed by atoms with Crippen LogP contribution in [0.4, 0.5) is 0 Å². The van der Waals surface area contributed by atoms with Crippen molar-refractivity contribution in [3.63, 3.8) is 0 Å². The fraction of sp³-hybridized carbons (Fsp3) is 0.429. The number of aliphatic hydroxyl groups excluding tert-OH is 1. The standard InChI is InChI=1S/C21H25NO5/c1-24-18-8-16(15-4-5-20-21(10-15)27-14-26-20)9-19(11-18)25-13-17(23)12-22-6-2-3-7-22/h4-5,8-11,17,23H,2-3,6-7,12-14H2,1H3. The van der Waals surface area contributed by atoms with Gasteiger partial charge in [0.2, 0.25) is 6.79 Å². The van der Waals surface area contributed by atoms with Gasteiger partial charge in [-0.2, -0.15) is 0 Å². The maximum absolute atomic E-state index is 10.3. The highest BCUT2D eigenvalue weighted by molar-refractivity contribution is 5.70. The van der Waals surface area contributed by atoms with Gasteiger partial charge in [-0.1, -0.05) is 6.07 Å².